The molecule has 3 aliphatic rings. The van der Waals surface area contributed by atoms with Crippen LogP contribution in [0.25, 0.3) is 11.1 Å². The normalized spacial score (nSPS) is 23.0. The highest BCUT2D eigenvalue weighted by molar-refractivity contribution is 9.10. The number of benzene rings is 4. The van der Waals surface area contributed by atoms with Gasteiger partial charge in [-0.05, 0) is 41.0 Å². The number of amides is 2. The van der Waals surface area contributed by atoms with Gasteiger partial charge in [-0.15, -0.1) is 0 Å². The molecule has 1 aliphatic carbocycles. The zero-order valence-corrected chi connectivity index (χ0v) is 22.0. The summed E-state index contributed by atoms with van der Waals surface area (Å²) in [4.78, 5) is 57.0. The van der Waals surface area contributed by atoms with Gasteiger partial charge in [0.05, 0.1) is 23.6 Å². The second-order valence-electron chi connectivity index (χ2n) is 9.96. The average Bonchev–Trinajstić information content (AvgIpc) is 3.54. The maximum atomic E-state index is 14.1. The molecule has 2 aliphatic heterocycles. The Labute approximate surface area is 232 Å². The van der Waals surface area contributed by atoms with Crippen LogP contribution in [0, 0.1) is 11.8 Å². The third kappa shape index (κ3) is 3.30. The smallest absolute Gasteiger partial charge is 0.241 e. The van der Waals surface area contributed by atoms with Gasteiger partial charge in [-0.3, -0.25) is 19.2 Å². The van der Waals surface area contributed by atoms with Crippen LogP contribution in [0.15, 0.2) is 108 Å². The van der Waals surface area contributed by atoms with Crippen molar-refractivity contribution in [2.75, 3.05) is 4.90 Å². The van der Waals surface area contributed by atoms with Gasteiger partial charge in [0.2, 0.25) is 29.0 Å². The summed E-state index contributed by atoms with van der Waals surface area (Å²) in [5.41, 5.74) is 1.28. The van der Waals surface area contributed by atoms with Gasteiger partial charge in [0.25, 0.3) is 0 Å². The summed E-state index contributed by atoms with van der Waals surface area (Å²) in [6, 6.07) is 30.5. The number of Topliss-reactive ketones (excluding diaryl/α,β-unsaturated/α-hetero) is 2. The number of hydrogen-bond acceptors (Lipinski definition) is 5. The molecule has 2 saturated heterocycles. The number of imide groups is 1. The fourth-order valence-electron chi connectivity index (χ4n) is 6.16. The minimum absolute atomic E-state index is 0.212. The quantitative estimate of drug-likeness (QED) is 0.227. The summed E-state index contributed by atoms with van der Waals surface area (Å²) in [6.07, 6.45) is -0.949. The second-order valence-corrected chi connectivity index (χ2v) is 10.9. The largest absolute Gasteiger partial charge is 0.349 e. The maximum absolute atomic E-state index is 14.1. The van der Waals surface area contributed by atoms with E-state index in [4.69, 9.17) is 4.74 Å². The molecule has 39 heavy (non-hydrogen) atoms. The number of anilines is 1. The van der Waals surface area contributed by atoms with E-state index < -0.39 is 46.9 Å². The number of carbonyl (C=O) groups excluding carboxylic acids is 4. The van der Waals surface area contributed by atoms with Crippen LogP contribution in [0.3, 0.4) is 0 Å². The number of hydrogen-bond donors (Lipinski definition) is 0. The van der Waals surface area contributed by atoms with Gasteiger partial charge in [-0.25, -0.2) is 4.90 Å². The van der Waals surface area contributed by atoms with Crippen LogP contribution in [0.4, 0.5) is 5.69 Å². The molecule has 0 N–H and O–H groups in total. The monoisotopic (exact) mass is 577 g/mol. The summed E-state index contributed by atoms with van der Waals surface area (Å²) in [5.74, 6) is -4.54. The second kappa shape index (κ2) is 8.66. The van der Waals surface area contributed by atoms with Gasteiger partial charge in [-0.2, -0.15) is 0 Å². The van der Waals surface area contributed by atoms with Gasteiger partial charge in [-0.1, -0.05) is 94.8 Å². The molecule has 2 amide bonds. The Bertz CT molecular complexity index is 1650. The minimum atomic E-state index is -2.09. The number of nitrogens with zero attached hydrogens (tertiary/aromatic N) is 1. The van der Waals surface area contributed by atoms with E-state index in [1.807, 2.05) is 42.5 Å². The highest BCUT2D eigenvalue weighted by atomic mass is 79.9. The SMILES string of the molecule is O=C1[C@@H]2[C@@H](c3ccc(Br)cc3)OC3(C(=O)c4ccccc4C3=O)[C@H]2C(=O)N1c1ccc(-c2ccccc2)cc1. The molecular formula is C32H20BrNO5. The summed E-state index contributed by atoms with van der Waals surface area (Å²) in [6.45, 7) is 0. The molecule has 2 fully saturated rings. The van der Waals surface area contributed by atoms with Crippen molar-refractivity contribution in [1.82, 2.24) is 0 Å². The van der Waals surface area contributed by atoms with E-state index in [0.717, 1.165) is 20.5 Å². The number of carbonyl (C=O) groups is 4. The Morgan fingerprint density at radius 3 is 1.82 bits per heavy atom. The topological polar surface area (TPSA) is 80.8 Å². The first kappa shape index (κ1) is 23.9. The molecule has 7 rings (SSSR count). The Kier molecular flexibility index (Phi) is 5.30. The molecule has 0 radical (unpaired) electrons. The number of ether oxygens (including phenoxy) is 1. The van der Waals surface area contributed by atoms with Gasteiger partial charge in [0.1, 0.15) is 0 Å². The Morgan fingerprint density at radius 1 is 0.641 bits per heavy atom. The minimum Gasteiger partial charge on any atom is -0.349 e. The number of ketones is 2. The Balaban J connectivity index is 1.34. The van der Waals surface area contributed by atoms with Crippen molar-refractivity contribution in [3.8, 4) is 11.1 Å². The first-order valence-corrected chi connectivity index (χ1v) is 13.4. The van der Waals surface area contributed by atoms with Gasteiger partial charge < -0.3 is 4.74 Å². The van der Waals surface area contributed by atoms with Crippen LogP contribution >= 0.6 is 15.9 Å². The summed E-state index contributed by atoms with van der Waals surface area (Å²) in [7, 11) is 0. The molecule has 7 heteroatoms. The van der Waals surface area contributed by atoms with Crippen LogP contribution in [-0.2, 0) is 14.3 Å². The van der Waals surface area contributed by atoms with Gasteiger partial charge >= 0.3 is 0 Å². The van der Waals surface area contributed by atoms with E-state index in [0.29, 0.717) is 11.3 Å². The van der Waals surface area contributed by atoms with E-state index in [1.54, 1.807) is 60.7 Å². The maximum Gasteiger partial charge on any atom is 0.241 e. The van der Waals surface area contributed by atoms with Crippen LogP contribution in [-0.4, -0.2) is 29.0 Å². The molecule has 0 saturated carbocycles. The molecule has 0 unspecified atom stereocenters. The molecule has 4 aromatic rings. The number of fused-ring (bicyclic) bond motifs is 3. The van der Waals surface area contributed by atoms with Crippen LogP contribution in [0.2, 0.25) is 0 Å². The van der Waals surface area contributed by atoms with E-state index in [2.05, 4.69) is 15.9 Å². The molecular weight excluding hydrogens is 558 g/mol. The highest BCUT2D eigenvalue weighted by Crippen LogP contribution is 2.57. The van der Waals surface area contributed by atoms with Crippen molar-refractivity contribution in [1.29, 1.82) is 0 Å². The van der Waals surface area contributed by atoms with E-state index in [-0.39, 0.29) is 11.1 Å². The molecule has 190 valence electrons. The van der Waals surface area contributed by atoms with Crippen molar-refractivity contribution >= 4 is 45.0 Å². The van der Waals surface area contributed by atoms with Gasteiger partial charge in [0, 0.05) is 15.6 Å². The molecule has 0 aromatic heterocycles. The molecule has 3 atom stereocenters. The summed E-state index contributed by atoms with van der Waals surface area (Å²) in [5, 5.41) is 0. The van der Waals surface area contributed by atoms with Crippen molar-refractivity contribution in [3.63, 3.8) is 0 Å². The zero-order chi connectivity index (χ0) is 26.9. The number of halogens is 1. The predicted molar refractivity (Wildman–Crippen MR) is 147 cm³/mol. The van der Waals surface area contributed by atoms with Gasteiger partial charge in [0.15, 0.2) is 0 Å². The molecule has 2 heterocycles. The molecule has 4 aromatic carbocycles. The van der Waals surface area contributed by atoms with E-state index in [1.165, 1.54) is 0 Å². The zero-order valence-electron chi connectivity index (χ0n) is 20.4. The van der Waals surface area contributed by atoms with Crippen LogP contribution in [0.1, 0.15) is 32.4 Å². The third-order valence-corrected chi connectivity index (χ3v) is 8.48. The lowest BCUT2D eigenvalue weighted by Gasteiger charge is -2.27. The molecule has 0 bridgehead atoms. The lowest BCUT2D eigenvalue weighted by Crippen LogP contribution is -2.51. The van der Waals surface area contributed by atoms with Crippen LogP contribution < -0.4 is 4.90 Å². The van der Waals surface area contributed by atoms with Crippen molar-refractivity contribution in [2.45, 2.75) is 11.7 Å². The standard InChI is InChI=1S/C32H20BrNO5/c33-21-14-10-20(11-15-21)27-25-26(32(39-27)28(35)23-8-4-5-9-24(23)29(32)36)31(38)34(30(25)37)22-16-12-19(13-17-22)18-6-2-1-3-7-18/h1-17,25-27H/t25-,26+,27+/m0/s1. The summed E-state index contributed by atoms with van der Waals surface area (Å²) >= 11 is 3.41. The number of rotatable bonds is 3. The van der Waals surface area contributed by atoms with E-state index >= 15 is 0 Å². The highest BCUT2D eigenvalue weighted by Gasteiger charge is 2.74. The van der Waals surface area contributed by atoms with E-state index in [9.17, 15) is 19.2 Å². The fraction of sp³-hybridized carbons (Fsp3) is 0.125. The fourth-order valence-corrected chi connectivity index (χ4v) is 6.42. The average molecular weight is 578 g/mol. The van der Waals surface area contributed by atoms with Crippen molar-refractivity contribution in [2.24, 2.45) is 11.8 Å². The first-order valence-electron chi connectivity index (χ1n) is 12.6. The first-order chi connectivity index (χ1) is 18.9. The lowest BCUT2D eigenvalue weighted by molar-refractivity contribution is -0.127. The Morgan fingerprint density at radius 2 is 1.21 bits per heavy atom. The molecule has 1 spiro atoms. The van der Waals surface area contributed by atoms with Crippen LogP contribution in [0.5, 0.6) is 0 Å². The summed E-state index contributed by atoms with van der Waals surface area (Å²) < 4.78 is 7.15. The molecule has 6 nitrogen and oxygen atoms in total. The predicted octanol–water partition coefficient (Wildman–Crippen LogP) is 5.81. The van der Waals surface area contributed by atoms with Crippen molar-refractivity contribution in [3.05, 3.63) is 124 Å². The Hall–Kier alpha value is -4.20. The van der Waals surface area contributed by atoms with Crippen molar-refractivity contribution < 1.29 is 23.9 Å². The third-order valence-electron chi connectivity index (χ3n) is 7.95. The lowest BCUT2D eigenvalue weighted by atomic mass is 9.77.